The first kappa shape index (κ1) is 12.1. The van der Waals surface area contributed by atoms with Crippen LogP contribution in [0.1, 0.15) is 16.0 Å². The van der Waals surface area contributed by atoms with Crippen molar-refractivity contribution in [2.45, 2.75) is 4.83 Å². The lowest BCUT2D eigenvalue weighted by atomic mass is 10.0. The Kier molecular flexibility index (Phi) is 3.31. The second-order valence-electron chi connectivity index (χ2n) is 4.00. The van der Waals surface area contributed by atoms with Crippen molar-refractivity contribution in [3.05, 3.63) is 58.1 Å². The van der Waals surface area contributed by atoms with Gasteiger partial charge in [-0.1, -0.05) is 62.2 Å². The molecule has 0 N–H and O–H groups in total. The lowest BCUT2D eigenvalue weighted by molar-refractivity contribution is 0.174. The van der Waals surface area contributed by atoms with Gasteiger partial charge in [0.15, 0.2) is 11.5 Å². The van der Waals surface area contributed by atoms with E-state index in [0.717, 1.165) is 21.5 Å². The van der Waals surface area contributed by atoms with E-state index in [0.29, 0.717) is 6.79 Å². The Hall–Kier alpha value is -1.00. The normalized spacial score (nSPS) is 14.6. The van der Waals surface area contributed by atoms with E-state index < -0.39 is 0 Å². The van der Waals surface area contributed by atoms with E-state index in [4.69, 9.17) is 9.47 Å². The average molecular weight is 370 g/mol. The maximum absolute atomic E-state index is 5.42. The summed E-state index contributed by atoms with van der Waals surface area (Å²) in [5.41, 5.74) is 2.34. The van der Waals surface area contributed by atoms with E-state index in [1.165, 1.54) is 5.56 Å². The minimum atomic E-state index is 0.127. The van der Waals surface area contributed by atoms with E-state index in [9.17, 15) is 0 Å². The minimum Gasteiger partial charge on any atom is -0.454 e. The summed E-state index contributed by atoms with van der Waals surface area (Å²) in [6.07, 6.45) is 0. The van der Waals surface area contributed by atoms with E-state index >= 15 is 0 Å². The van der Waals surface area contributed by atoms with Gasteiger partial charge >= 0.3 is 0 Å². The van der Waals surface area contributed by atoms with Crippen LogP contribution >= 0.6 is 31.9 Å². The van der Waals surface area contributed by atoms with Gasteiger partial charge in [0.1, 0.15) is 0 Å². The smallest absolute Gasteiger partial charge is 0.231 e. The van der Waals surface area contributed by atoms with Gasteiger partial charge in [-0.3, -0.25) is 0 Å². The van der Waals surface area contributed by atoms with E-state index in [-0.39, 0.29) is 4.83 Å². The van der Waals surface area contributed by atoms with Gasteiger partial charge in [-0.25, -0.2) is 0 Å². The molecule has 0 radical (unpaired) electrons. The third-order valence-electron chi connectivity index (χ3n) is 2.86. The van der Waals surface area contributed by atoms with Crippen LogP contribution in [0.5, 0.6) is 11.5 Å². The second kappa shape index (κ2) is 4.94. The molecule has 1 heterocycles. The summed E-state index contributed by atoms with van der Waals surface area (Å²) >= 11 is 7.31. The van der Waals surface area contributed by atoms with Crippen molar-refractivity contribution in [3.8, 4) is 11.5 Å². The number of rotatable bonds is 2. The molecule has 2 aromatic carbocycles. The van der Waals surface area contributed by atoms with Gasteiger partial charge in [-0.2, -0.15) is 0 Å². The summed E-state index contributed by atoms with van der Waals surface area (Å²) in [5.74, 6) is 1.59. The molecule has 0 aliphatic carbocycles. The number of halogens is 2. The van der Waals surface area contributed by atoms with Crippen LogP contribution in [-0.4, -0.2) is 6.79 Å². The molecule has 0 saturated heterocycles. The van der Waals surface area contributed by atoms with Crippen LogP contribution in [0.4, 0.5) is 0 Å². The first-order valence-electron chi connectivity index (χ1n) is 5.54. The summed E-state index contributed by atoms with van der Waals surface area (Å²) in [5, 5.41) is 0. The fourth-order valence-corrected chi connectivity index (χ4v) is 3.47. The van der Waals surface area contributed by atoms with Crippen molar-refractivity contribution in [2.24, 2.45) is 0 Å². The average Bonchev–Trinajstić information content (AvgIpc) is 2.85. The van der Waals surface area contributed by atoms with Crippen LogP contribution in [0.15, 0.2) is 46.9 Å². The van der Waals surface area contributed by atoms with Gasteiger partial charge in [0.05, 0.1) is 4.83 Å². The number of benzene rings is 2. The first-order valence-corrected chi connectivity index (χ1v) is 7.24. The molecule has 2 nitrogen and oxygen atoms in total. The molecular formula is C14H10Br2O2. The highest BCUT2D eigenvalue weighted by Gasteiger charge is 2.20. The van der Waals surface area contributed by atoms with Gasteiger partial charge in [0.25, 0.3) is 0 Å². The standard InChI is InChI=1S/C14H10Br2O2/c15-11-7-13-12(17-8-18-13)6-10(11)14(16)9-4-2-1-3-5-9/h1-7,14H,8H2. The Labute approximate surface area is 122 Å². The lowest BCUT2D eigenvalue weighted by Gasteiger charge is -2.13. The molecular weight excluding hydrogens is 360 g/mol. The first-order chi connectivity index (χ1) is 8.75. The largest absolute Gasteiger partial charge is 0.454 e. The van der Waals surface area contributed by atoms with E-state index in [1.807, 2.05) is 30.3 Å². The second-order valence-corrected chi connectivity index (χ2v) is 5.77. The molecule has 1 atom stereocenters. The summed E-state index contributed by atoms with van der Waals surface area (Å²) in [6, 6.07) is 14.2. The molecule has 18 heavy (non-hydrogen) atoms. The zero-order chi connectivity index (χ0) is 12.5. The molecule has 2 aromatic rings. The van der Waals surface area contributed by atoms with Crippen molar-refractivity contribution < 1.29 is 9.47 Å². The number of hydrogen-bond acceptors (Lipinski definition) is 2. The van der Waals surface area contributed by atoms with Crippen LogP contribution in [-0.2, 0) is 0 Å². The molecule has 0 fully saturated rings. The molecule has 92 valence electrons. The number of ether oxygens (including phenoxy) is 2. The predicted molar refractivity (Wildman–Crippen MR) is 77.5 cm³/mol. The van der Waals surface area contributed by atoms with Crippen LogP contribution in [0, 0.1) is 0 Å². The highest BCUT2D eigenvalue weighted by molar-refractivity contribution is 9.11. The molecule has 0 amide bonds. The molecule has 0 saturated carbocycles. The Morgan fingerprint density at radius 3 is 2.39 bits per heavy atom. The lowest BCUT2D eigenvalue weighted by Crippen LogP contribution is -1.94. The highest BCUT2D eigenvalue weighted by Crippen LogP contribution is 2.43. The van der Waals surface area contributed by atoms with Crippen LogP contribution in [0.2, 0.25) is 0 Å². The van der Waals surface area contributed by atoms with Crippen molar-refractivity contribution in [2.75, 3.05) is 6.79 Å². The van der Waals surface area contributed by atoms with Gasteiger partial charge in [-0.05, 0) is 23.3 Å². The predicted octanol–water partition coefficient (Wildman–Crippen LogP) is 4.66. The van der Waals surface area contributed by atoms with Crippen molar-refractivity contribution in [3.63, 3.8) is 0 Å². The van der Waals surface area contributed by atoms with Crippen molar-refractivity contribution in [1.29, 1.82) is 0 Å². The SMILES string of the molecule is Brc1cc2c(cc1C(Br)c1ccccc1)OCO2. The quantitative estimate of drug-likeness (QED) is 0.716. The highest BCUT2D eigenvalue weighted by atomic mass is 79.9. The Bertz CT molecular complexity index is 570. The fourth-order valence-electron chi connectivity index (χ4n) is 1.93. The van der Waals surface area contributed by atoms with Gasteiger partial charge in [-0.15, -0.1) is 0 Å². The van der Waals surface area contributed by atoms with Gasteiger partial charge in [0.2, 0.25) is 6.79 Å². The molecule has 3 rings (SSSR count). The monoisotopic (exact) mass is 368 g/mol. The zero-order valence-corrected chi connectivity index (χ0v) is 12.6. The molecule has 1 unspecified atom stereocenters. The summed E-state index contributed by atoms with van der Waals surface area (Å²) < 4.78 is 11.8. The van der Waals surface area contributed by atoms with E-state index in [2.05, 4.69) is 44.0 Å². The summed E-state index contributed by atoms with van der Waals surface area (Å²) in [7, 11) is 0. The number of hydrogen-bond donors (Lipinski definition) is 0. The molecule has 1 aliphatic rings. The number of fused-ring (bicyclic) bond motifs is 1. The minimum absolute atomic E-state index is 0.127. The van der Waals surface area contributed by atoms with Crippen molar-refractivity contribution in [1.82, 2.24) is 0 Å². The van der Waals surface area contributed by atoms with Crippen LogP contribution in [0.25, 0.3) is 0 Å². The molecule has 0 spiro atoms. The number of alkyl halides is 1. The third-order valence-corrected chi connectivity index (χ3v) is 4.57. The molecule has 4 heteroatoms. The van der Waals surface area contributed by atoms with Gasteiger partial charge in [0, 0.05) is 4.47 Å². The Morgan fingerprint density at radius 1 is 1.00 bits per heavy atom. The van der Waals surface area contributed by atoms with Crippen LogP contribution in [0.3, 0.4) is 0 Å². The van der Waals surface area contributed by atoms with Crippen molar-refractivity contribution >= 4 is 31.9 Å². The maximum atomic E-state index is 5.42. The Morgan fingerprint density at radius 2 is 1.67 bits per heavy atom. The van der Waals surface area contributed by atoms with Crippen LogP contribution < -0.4 is 9.47 Å². The molecule has 0 aromatic heterocycles. The molecule has 1 aliphatic heterocycles. The zero-order valence-electron chi connectivity index (χ0n) is 9.40. The summed E-state index contributed by atoms with van der Waals surface area (Å²) in [6.45, 7) is 0.295. The maximum Gasteiger partial charge on any atom is 0.231 e. The van der Waals surface area contributed by atoms with E-state index in [1.54, 1.807) is 0 Å². The third kappa shape index (κ3) is 2.15. The molecule has 0 bridgehead atoms. The summed E-state index contributed by atoms with van der Waals surface area (Å²) in [4.78, 5) is 0.127. The van der Waals surface area contributed by atoms with Gasteiger partial charge < -0.3 is 9.47 Å². The fraction of sp³-hybridized carbons (Fsp3) is 0.143. The topological polar surface area (TPSA) is 18.5 Å². The Balaban J connectivity index is 2.02.